The minimum Gasteiger partial charge on any atom is -0.392 e. The van der Waals surface area contributed by atoms with E-state index in [1.54, 1.807) is 0 Å². The maximum Gasteiger partial charge on any atom is 0.0630 e. The third-order valence-electron chi connectivity index (χ3n) is 3.13. The Morgan fingerprint density at radius 2 is 1.87 bits per heavy atom. The van der Waals surface area contributed by atoms with E-state index in [0.717, 1.165) is 25.1 Å². The maximum atomic E-state index is 10.1. The number of unbranched alkanes of at least 4 members (excludes halogenated alkanes) is 1. The van der Waals surface area contributed by atoms with E-state index < -0.39 is 0 Å². The van der Waals surface area contributed by atoms with Crippen LogP contribution < -0.4 is 0 Å². The van der Waals surface area contributed by atoms with Crippen LogP contribution in [0.2, 0.25) is 0 Å². The van der Waals surface area contributed by atoms with Gasteiger partial charge in [0.25, 0.3) is 0 Å². The van der Waals surface area contributed by atoms with E-state index in [2.05, 4.69) is 20.4 Å². The summed E-state index contributed by atoms with van der Waals surface area (Å²) in [6.45, 7) is 10.1. The number of halogens is 1. The first kappa shape index (κ1) is 15.0. The molecule has 0 aliphatic heterocycles. The first-order valence-electron chi connectivity index (χ1n) is 5.91. The van der Waals surface area contributed by atoms with Crippen molar-refractivity contribution in [2.45, 2.75) is 46.1 Å². The SMILES string of the molecule is C=C[C@H](C)[C@@H](O)[C@@H](CCCCCl)C(C)C. The molecule has 2 heteroatoms. The molecule has 0 heterocycles. The van der Waals surface area contributed by atoms with Gasteiger partial charge in [0.05, 0.1) is 6.10 Å². The molecule has 90 valence electrons. The molecular weight excluding hydrogens is 208 g/mol. The van der Waals surface area contributed by atoms with Crippen LogP contribution in [-0.2, 0) is 0 Å². The predicted molar refractivity (Wildman–Crippen MR) is 68.3 cm³/mol. The van der Waals surface area contributed by atoms with Crippen LogP contribution in [0.3, 0.4) is 0 Å². The van der Waals surface area contributed by atoms with Gasteiger partial charge < -0.3 is 5.11 Å². The Hall–Kier alpha value is -0.0100. The van der Waals surface area contributed by atoms with E-state index in [4.69, 9.17) is 11.6 Å². The highest BCUT2D eigenvalue weighted by Crippen LogP contribution is 2.26. The molecule has 0 aliphatic carbocycles. The Bertz CT molecular complexity index is 168. The van der Waals surface area contributed by atoms with E-state index >= 15 is 0 Å². The molecule has 0 bridgehead atoms. The van der Waals surface area contributed by atoms with E-state index in [0.29, 0.717) is 11.8 Å². The molecular formula is C13H25ClO. The van der Waals surface area contributed by atoms with E-state index in [1.807, 2.05) is 13.0 Å². The summed E-state index contributed by atoms with van der Waals surface area (Å²) in [5, 5.41) is 10.1. The summed E-state index contributed by atoms with van der Waals surface area (Å²) in [5.41, 5.74) is 0. The average Bonchev–Trinajstić information content (AvgIpc) is 2.22. The van der Waals surface area contributed by atoms with E-state index in [-0.39, 0.29) is 12.0 Å². The number of aliphatic hydroxyl groups excluding tert-OH is 1. The molecule has 0 aromatic carbocycles. The summed E-state index contributed by atoms with van der Waals surface area (Å²) in [6.07, 6.45) is 4.77. The first-order valence-corrected chi connectivity index (χ1v) is 6.44. The van der Waals surface area contributed by atoms with Gasteiger partial charge in [-0.15, -0.1) is 18.2 Å². The van der Waals surface area contributed by atoms with Crippen molar-refractivity contribution in [3.8, 4) is 0 Å². The van der Waals surface area contributed by atoms with Gasteiger partial charge in [-0.3, -0.25) is 0 Å². The fourth-order valence-electron chi connectivity index (χ4n) is 1.90. The minimum atomic E-state index is -0.266. The Balaban J connectivity index is 4.18. The second-order valence-corrected chi connectivity index (χ2v) is 5.06. The first-order chi connectivity index (χ1) is 7.04. The number of hydrogen-bond acceptors (Lipinski definition) is 1. The smallest absolute Gasteiger partial charge is 0.0630 e. The van der Waals surface area contributed by atoms with Gasteiger partial charge in [0, 0.05) is 5.88 Å². The summed E-state index contributed by atoms with van der Waals surface area (Å²) < 4.78 is 0. The lowest BCUT2D eigenvalue weighted by Crippen LogP contribution is -2.30. The molecule has 0 saturated heterocycles. The van der Waals surface area contributed by atoms with Crippen LogP contribution in [0.5, 0.6) is 0 Å². The molecule has 0 unspecified atom stereocenters. The zero-order valence-corrected chi connectivity index (χ0v) is 11.0. The topological polar surface area (TPSA) is 20.2 Å². The van der Waals surface area contributed by atoms with Crippen LogP contribution in [0.4, 0.5) is 0 Å². The lowest BCUT2D eigenvalue weighted by Gasteiger charge is -2.29. The highest BCUT2D eigenvalue weighted by atomic mass is 35.5. The lowest BCUT2D eigenvalue weighted by atomic mass is 9.81. The molecule has 0 fully saturated rings. The van der Waals surface area contributed by atoms with Crippen molar-refractivity contribution in [1.29, 1.82) is 0 Å². The lowest BCUT2D eigenvalue weighted by molar-refractivity contribution is 0.0462. The molecule has 1 N–H and O–H groups in total. The summed E-state index contributed by atoms with van der Waals surface area (Å²) in [7, 11) is 0. The number of alkyl halides is 1. The van der Waals surface area contributed by atoms with Crippen molar-refractivity contribution >= 4 is 11.6 Å². The quantitative estimate of drug-likeness (QED) is 0.383. The molecule has 0 aromatic heterocycles. The Kier molecular flexibility index (Phi) is 8.17. The van der Waals surface area contributed by atoms with Crippen molar-refractivity contribution in [3.63, 3.8) is 0 Å². The van der Waals surface area contributed by atoms with Gasteiger partial charge >= 0.3 is 0 Å². The molecule has 1 nitrogen and oxygen atoms in total. The highest BCUT2D eigenvalue weighted by Gasteiger charge is 2.25. The highest BCUT2D eigenvalue weighted by molar-refractivity contribution is 6.17. The van der Waals surface area contributed by atoms with Gasteiger partial charge in [0.15, 0.2) is 0 Å². The summed E-state index contributed by atoms with van der Waals surface area (Å²) in [6, 6.07) is 0. The van der Waals surface area contributed by atoms with Crippen LogP contribution in [0.1, 0.15) is 40.0 Å². The molecule has 0 radical (unpaired) electrons. The maximum absolute atomic E-state index is 10.1. The van der Waals surface area contributed by atoms with Crippen LogP contribution in [0, 0.1) is 17.8 Å². The van der Waals surface area contributed by atoms with Crippen molar-refractivity contribution in [2.75, 3.05) is 5.88 Å². The third kappa shape index (κ3) is 5.58. The largest absolute Gasteiger partial charge is 0.392 e. The van der Waals surface area contributed by atoms with Crippen molar-refractivity contribution in [2.24, 2.45) is 17.8 Å². The molecule has 15 heavy (non-hydrogen) atoms. The Morgan fingerprint density at radius 3 is 2.27 bits per heavy atom. The zero-order chi connectivity index (χ0) is 11.8. The van der Waals surface area contributed by atoms with E-state index in [1.165, 1.54) is 0 Å². The molecule has 0 amide bonds. The van der Waals surface area contributed by atoms with Gasteiger partial charge in [0.2, 0.25) is 0 Å². The molecule has 0 rings (SSSR count). The van der Waals surface area contributed by atoms with Crippen molar-refractivity contribution in [3.05, 3.63) is 12.7 Å². The van der Waals surface area contributed by atoms with Crippen LogP contribution >= 0.6 is 11.6 Å². The van der Waals surface area contributed by atoms with Gasteiger partial charge in [-0.2, -0.15) is 0 Å². The fourth-order valence-corrected chi connectivity index (χ4v) is 2.09. The zero-order valence-electron chi connectivity index (χ0n) is 10.2. The normalized spacial score (nSPS) is 17.5. The van der Waals surface area contributed by atoms with Crippen LogP contribution in [0.15, 0.2) is 12.7 Å². The average molecular weight is 233 g/mol. The molecule has 0 aromatic rings. The number of rotatable bonds is 8. The van der Waals surface area contributed by atoms with Gasteiger partial charge in [-0.25, -0.2) is 0 Å². The summed E-state index contributed by atoms with van der Waals surface area (Å²) >= 11 is 5.66. The van der Waals surface area contributed by atoms with Crippen LogP contribution in [0.25, 0.3) is 0 Å². The molecule has 0 aliphatic rings. The minimum absolute atomic E-state index is 0.174. The van der Waals surface area contributed by atoms with E-state index in [9.17, 15) is 5.11 Å². The molecule has 0 saturated carbocycles. The summed E-state index contributed by atoms with van der Waals surface area (Å²) in [5.74, 6) is 1.77. The van der Waals surface area contributed by atoms with Gasteiger partial charge in [-0.05, 0) is 30.6 Å². The van der Waals surface area contributed by atoms with Crippen molar-refractivity contribution in [1.82, 2.24) is 0 Å². The third-order valence-corrected chi connectivity index (χ3v) is 3.39. The predicted octanol–water partition coefficient (Wildman–Crippen LogP) is 3.85. The standard InChI is InChI=1S/C13H25ClO/c1-5-11(4)13(15)12(10(2)3)8-6-7-9-14/h5,10-13,15H,1,6-9H2,2-4H3/t11-,12-,13+/m0/s1. The Labute approximate surface area is 99.5 Å². The Morgan fingerprint density at radius 1 is 1.27 bits per heavy atom. The second kappa shape index (κ2) is 8.18. The monoisotopic (exact) mass is 232 g/mol. The van der Waals surface area contributed by atoms with Gasteiger partial charge in [-0.1, -0.05) is 33.3 Å². The molecule has 0 spiro atoms. The number of aliphatic hydroxyl groups is 1. The van der Waals surface area contributed by atoms with Crippen LogP contribution in [-0.4, -0.2) is 17.1 Å². The van der Waals surface area contributed by atoms with Gasteiger partial charge in [0.1, 0.15) is 0 Å². The fraction of sp³-hybridized carbons (Fsp3) is 0.846. The number of hydrogen-bond donors (Lipinski definition) is 1. The second-order valence-electron chi connectivity index (χ2n) is 4.68. The van der Waals surface area contributed by atoms with Crippen molar-refractivity contribution < 1.29 is 5.11 Å². The molecule has 3 atom stereocenters. The summed E-state index contributed by atoms with van der Waals surface area (Å²) in [4.78, 5) is 0.